The van der Waals surface area contributed by atoms with Crippen molar-refractivity contribution in [2.24, 2.45) is 0 Å². The fourth-order valence-electron chi connectivity index (χ4n) is 3.23. The molecule has 2 aliphatic heterocycles. The summed E-state index contributed by atoms with van der Waals surface area (Å²) >= 11 is 6.44. The Morgan fingerprint density at radius 1 is 1.04 bits per heavy atom. The zero-order valence-electron chi connectivity index (χ0n) is 13.0. The second-order valence-electron chi connectivity index (χ2n) is 6.14. The van der Waals surface area contributed by atoms with E-state index in [0.29, 0.717) is 5.02 Å². The number of halogens is 1. The summed E-state index contributed by atoms with van der Waals surface area (Å²) in [6.45, 7) is 0.768. The molecule has 2 heterocycles. The maximum atomic E-state index is 6.44. The lowest BCUT2D eigenvalue weighted by atomic mass is 10.0. The van der Waals surface area contributed by atoms with Crippen molar-refractivity contribution < 1.29 is 9.47 Å². The zero-order valence-corrected chi connectivity index (χ0v) is 13.7. The highest BCUT2D eigenvalue weighted by Gasteiger charge is 2.19. The van der Waals surface area contributed by atoms with E-state index in [1.807, 2.05) is 6.07 Å². The molecular weight excluding hydrogens is 310 g/mol. The highest BCUT2D eigenvalue weighted by molar-refractivity contribution is 6.32. The predicted molar refractivity (Wildman–Crippen MR) is 92.8 cm³/mol. The summed E-state index contributed by atoms with van der Waals surface area (Å²) in [6.07, 6.45) is 4.99. The number of fused-ring (bicyclic) bond motifs is 2. The molecule has 0 amide bonds. The van der Waals surface area contributed by atoms with Gasteiger partial charge in [-0.2, -0.15) is 0 Å². The number of hydrogen-bond acceptors (Lipinski definition) is 3. The predicted octanol–water partition coefficient (Wildman–Crippen LogP) is 5.09. The number of hydrogen-bond donors (Lipinski definition) is 1. The molecule has 3 nitrogen and oxygen atoms in total. The fourth-order valence-corrected chi connectivity index (χ4v) is 3.44. The molecule has 0 aromatic heterocycles. The topological polar surface area (TPSA) is 30.5 Å². The van der Waals surface area contributed by atoms with Gasteiger partial charge < -0.3 is 14.8 Å². The molecule has 2 aliphatic rings. The summed E-state index contributed by atoms with van der Waals surface area (Å²) in [7, 11) is 0. The minimum Gasteiger partial charge on any atom is -0.463 e. The summed E-state index contributed by atoms with van der Waals surface area (Å²) in [5.41, 5.74) is 4.79. The van der Waals surface area contributed by atoms with Gasteiger partial charge in [0.25, 0.3) is 0 Å². The molecule has 0 aliphatic carbocycles. The molecule has 120 valence electrons. The largest absolute Gasteiger partial charge is 0.463 e. The van der Waals surface area contributed by atoms with Crippen LogP contribution in [0.2, 0.25) is 5.02 Å². The second-order valence-corrected chi connectivity index (χ2v) is 6.54. The van der Waals surface area contributed by atoms with Crippen molar-refractivity contribution in [3.8, 4) is 5.75 Å². The van der Waals surface area contributed by atoms with E-state index in [1.54, 1.807) is 0 Å². The van der Waals surface area contributed by atoms with Gasteiger partial charge in [0, 0.05) is 17.8 Å². The summed E-state index contributed by atoms with van der Waals surface area (Å²) in [4.78, 5) is 0. The third-order valence-electron chi connectivity index (χ3n) is 4.50. The quantitative estimate of drug-likeness (QED) is 0.832. The Labute approximate surface area is 141 Å². The molecule has 0 spiro atoms. The van der Waals surface area contributed by atoms with E-state index in [4.69, 9.17) is 21.1 Å². The Morgan fingerprint density at radius 3 is 2.78 bits per heavy atom. The summed E-state index contributed by atoms with van der Waals surface area (Å²) < 4.78 is 11.6. The highest BCUT2D eigenvalue weighted by Crippen LogP contribution is 2.37. The van der Waals surface area contributed by atoms with E-state index in [0.717, 1.165) is 55.8 Å². The van der Waals surface area contributed by atoms with Crippen molar-refractivity contribution in [2.75, 3.05) is 11.9 Å². The number of aryl methyl sites for hydroxylation is 2. The first-order valence-corrected chi connectivity index (χ1v) is 8.63. The van der Waals surface area contributed by atoms with Crippen LogP contribution in [0.25, 0.3) is 0 Å². The number of ether oxygens (including phenoxy) is 2. The molecule has 0 saturated carbocycles. The Morgan fingerprint density at radius 2 is 1.91 bits per heavy atom. The standard InChI is InChI=1S/C19H20ClNO2/c20-15-12-17-14(9-8-13-5-1-2-6-16(13)21-17)11-18(15)23-19-7-3-4-10-22-19/h1-2,5-6,11-12,19,21H,3-4,7-10H2. The molecule has 2 aromatic carbocycles. The molecule has 4 heteroatoms. The SMILES string of the molecule is Clc1cc2c(cc1OC1CCCCO1)CCc1ccccc1N2. The minimum absolute atomic E-state index is 0.171. The van der Waals surface area contributed by atoms with E-state index in [9.17, 15) is 0 Å². The number of rotatable bonds is 2. The molecule has 1 fully saturated rings. The maximum absolute atomic E-state index is 6.44. The lowest BCUT2D eigenvalue weighted by Crippen LogP contribution is -2.25. The van der Waals surface area contributed by atoms with Gasteiger partial charge in [0.1, 0.15) is 5.75 Å². The molecular formula is C19H20ClNO2. The van der Waals surface area contributed by atoms with Crippen LogP contribution < -0.4 is 10.1 Å². The van der Waals surface area contributed by atoms with Crippen LogP contribution >= 0.6 is 11.6 Å². The van der Waals surface area contributed by atoms with Crippen molar-refractivity contribution in [1.29, 1.82) is 0 Å². The van der Waals surface area contributed by atoms with Gasteiger partial charge in [0.2, 0.25) is 0 Å². The van der Waals surface area contributed by atoms with Crippen molar-refractivity contribution in [3.05, 3.63) is 52.5 Å². The lowest BCUT2D eigenvalue weighted by molar-refractivity contribution is -0.105. The first-order chi connectivity index (χ1) is 11.3. The second kappa shape index (κ2) is 6.42. The number of anilines is 2. The Balaban J connectivity index is 1.61. The van der Waals surface area contributed by atoms with Gasteiger partial charge in [-0.1, -0.05) is 29.8 Å². The van der Waals surface area contributed by atoms with Gasteiger partial charge in [-0.05, 0) is 55.0 Å². The average Bonchev–Trinajstić information content (AvgIpc) is 2.75. The van der Waals surface area contributed by atoms with Crippen molar-refractivity contribution in [2.45, 2.75) is 38.4 Å². The fraction of sp³-hybridized carbons (Fsp3) is 0.368. The van der Waals surface area contributed by atoms with Gasteiger partial charge in [0.05, 0.1) is 11.6 Å². The van der Waals surface area contributed by atoms with E-state index in [2.05, 4.69) is 35.6 Å². The summed E-state index contributed by atoms with van der Waals surface area (Å²) in [6, 6.07) is 12.4. The maximum Gasteiger partial charge on any atom is 0.199 e. The smallest absolute Gasteiger partial charge is 0.199 e. The van der Waals surface area contributed by atoms with Gasteiger partial charge >= 0.3 is 0 Å². The third kappa shape index (κ3) is 3.17. The molecule has 1 saturated heterocycles. The van der Waals surface area contributed by atoms with Gasteiger partial charge in [-0.3, -0.25) is 0 Å². The highest BCUT2D eigenvalue weighted by atomic mass is 35.5. The molecule has 1 atom stereocenters. The van der Waals surface area contributed by atoms with Gasteiger partial charge in [-0.15, -0.1) is 0 Å². The third-order valence-corrected chi connectivity index (χ3v) is 4.80. The Hall–Kier alpha value is -1.71. The Bertz CT molecular complexity index is 711. The van der Waals surface area contributed by atoms with Crippen LogP contribution in [0, 0.1) is 0 Å². The first kappa shape index (κ1) is 14.9. The molecule has 1 N–H and O–H groups in total. The molecule has 0 bridgehead atoms. The van der Waals surface area contributed by atoms with Crippen molar-refractivity contribution in [3.63, 3.8) is 0 Å². The molecule has 4 rings (SSSR count). The monoisotopic (exact) mass is 329 g/mol. The first-order valence-electron chi connectivity index (χ1n) is 8.25. The number of nitrogens with one attached hydrogen (secondary N) is 1. The molecule has 23 heavy (non-hydrogen) atoms. The van der Waals surface area contributed by atoms with Crippen LogP contribution in [0.15, 0.2) is 36.4 Å². The minimum atomic E-state index is -0.171. The van der Waals surface area contributed by atoms with Crippen LogP contribution in [0.1, 0.15) is 30.4 Å². The van der Waals surface area contributed by atoms with Crippen molar-refractivity contribution >= 4 is 23.0 Å². The van der Waals surface area contributed by atoms with Gasteiger partial charge in [0.15, 0.2) is 6.29 Å². The zero-order chi connectivity index (χ0) is 15.6. The van der Waals surface area contributed by atoms with Crippen LogP contribution in [0.3, 0.4) is 0 Å². The van der Waals surface area contributed by atoms with E-state index >= 15 is 0 Å². The van der Waals surface area contributed by atoms with E-state index in [-0.39, 0.29) is 6.29 Å². The van der Waals surface area contributed by atoms with Crippen LogP contribution in [0.4, 0.5) is 11.4 Å². The molecule has 2 aromatic rings. The van der Waals surface area contributed by atoms with Crippen LogP contribution in [-0.2, 0) is 17.6 Å². The van der Waals surface area contributed by atoms with Crippen LogP contribution in [-0.4, -0.2) is 12.9 Å². The number of para-hydroxylation sites is 1. The average molecular weight is 330 g/mol. The molecule has 0 radical (unpaired) electrons. The summed E-state index contributed by atoms with van der Waals surface area (Å²) in [5, 5.41) is 4.13. The Kier molecular flexibility index (Phi) is 4.15. The van der Waals surface area contributed by atoms with E-state index < -0.39 is 0 Å². The van der Waals surface area contributed by atoms with Crippen LogP contribution in [0.5, 0.6) is 5.75 Å². The lowest BCUT2D eigenvalue weighted by Gasteiger charge is -2.24. The van der Waals surface area contributed by atoms with Crippen molar-refractivity contribution in [1.82, 2.24) is 0 Å². The van der Waals surface area contributed by atoms with Gasteiger partial charge in [-0.25, -0.2) is 0 Å². The summed E-state index contributed by atoms with van der Waals surface area (Å²) in [5.74, 6) is 0.727. The normalized spacial score (nSPS) is 20.0. The molecule has 1 unspecified atom stereocenters. The van der Waals surface area contributed by atoms with E-state index in [1.165, 1.54) is 11.1 Å². The number of benzene rings is 2.